The van der Waals surface area contributed by atoms with Gasteiger partial charge < -0.3 is 28.8 Å². The van der Waals surface area contributed by atoms with Crippen LogP contribution in [-0.4, -0.2) is 33.0 Å². The van der Waals surface area contributed by atoms with Crippen molar-refractivity contribution in [1.82, 2.24) is 0 Å². The number of aliphatic hydroxyl groups excluding tert-OH is 1. The molecule has 1 atom stereocenters. The van der Waals surface area contributed by atoms with Crippen molar-refractivity contribution in [3.05, 3.63) is 149 Å². The molecule has 0 saturated heterocycles. The monoisotopic (exact) mass is 590 g/mol. The van der Waals surface area contributed by atoms with Crippen LogP contribution in [0.4, 0.5) is 0 Å². The van der Waals surface area contributed by atoms with E-state index in [-0.39, 0.29) is 18.4 Å². The minimum Gasteiger partial charge on any atom is -0.497 e. The lowest BCUT2D eigenvalue weighted by Gasteiger charge is -2.29. The molecule has 0 fully saturated rings. The molecule has 1 unspecified atom stereocenters. The van der Waals surface area contributed by atoms with Gasteiger partial charge in [-0.1, -0.05) is 84.9 Å². The number of hydrogen-bond acceptors (Lipinski definition) is 6. The SMILES string of the molecule is COc1cccc(C(CO)C(c2ccc(OCc3ccccc3)c(OC)c2)c2ccc(OCc3ccccc3)c(OC)c2)c1. The summed E-state index contributed by atoms with van der Waals surface area (Å²) in [6.45, 7) is 0.746. The Bertz CT molecular complexity index is 1520. The van der Waals surface area contributed by atoms with Crippen LogP contribution in [0.5, 0.6) is 28.7 Å². The third-order valence-corrected chi connectivity index (χ3v) is 7.69. The standard InChI is InChI=1S/C38H38O6/c1-40-32-16-10-15-29(21-32)33(24-39)38(30-17-19-34(36(22-30)41-2)43-25-27-11-6-4-7-12-27)31-18-20-35(37(23-31)42-3)44-26-28-13-8-5-9-14-28/h4-23,33,38-39H,24-26H2,1-3H3. The normalized spacial score (nSPS) is 11.6. The van der Waals surface area contributed by atoms with E-state index in [9.17, 15) is 5.11 Å². The van der Waals surface area contributed by atoms with Gasteiger partial charge in [-0.05, 0) is 64.2 Å². The van der Waals surface area contributed by atoms with E-state index in [0.717, 1.165) is 33.6 Å². The molecule has 0 bridgehead atoms. The maximum Gasteiger partial charge on any atom is 0.161 e. The smallest absolute Gasteiger partial charge is 0.161 e. The maximum absolute atomic E-state index is 10.9. The molecule has 0 radical (unpaired) electrons. The Morgan fingerprint density at radius 1 is 0.500 bits per heavy atom. The molecule has 226 valence electrons. The highest BCUT2D eigenvalue weighted by Crippen LogP contribution is 2.44. The molecular weight excluding hydrogens is 552 g/mol. The average molecular weight is 591 g/mol. The summed E-state index contributed by atoms with van der Waals surface area (Å²) >= 11 is 0. The van der Waals surface area contributed by atoms with Crippen LogP contribution in [-0.2, 0) is 13.2 Å². The second kappa shape index (κ2) is 15.0. The van der Waals surface area contributed by atoms with Crippen LogP contribution in [0.15, 0.2) is 121 Å². The Morgan fingerprint density at radius 3 is 1.48 bits per heavy atom. The number of aliphatic hydroxyl groups is 1. The molecule has 44 heavy (non-hydrogen) atoms. The Morgan fingerprint density at radius 2 is 1.02 bits per heavy atom. The van der Waals surface area contributed by atoms with Crippen molar-refractivity contribution in [2.75, 3.05) is 27.9 Å². The quantitative estimate of drug-likeness (QED) is 0.143. The van der Waals surface area contributed by atoms with Gasteiger partial charge in [0.1, 0.15) is 19.0 Å². The molecular formula is C38H38O6. The van der Waals surface area contributed by atoms with Gasteiger partial charge in [-0.15, -0.1) is 0 Å². The van der Waals surface area contributed by atoms with Crippen molar-refractivity contribution in [2.45, 2.75) is 25.0 Å². The topological polar surface area (TPSA) is 66.4 Å². The lowest BCUT2D eigenvalue weighted by atomic mass is 9.77. The summed E-state index contributed by atoms with van der Waals surface area (Å²) in [6.07, 6.45) is 0. The molecule has 5 rings (SSSR count). The maximum atomic E-state index is 10.9. The number of methoxy groups -OCH3 is 3. The molecule has 0 saturated carbocycles. The predicted octanol–water partition coefficient (Wildman–Crippen LogP) is 7.78. The van der Waals surface area contributed by atoms with E-state index >= 15 is 0 Å². The zero-order valence-electron chi connectivity index (χ0n) is 25.3. The van der Waals surface area contributed by atoms with Crippen LogP contribution >= 0.6 is 0 Å². The van der Waals surface area contributed by atoms with Gasteiger partial charge in [0, 0.05) is 11.8 Å². The van der Waals surface area contributed by atoms with Crippen LogP contribution in [0, 0.1) is 0 Å². The first kappa shape index (κ1) is 30.5. The van der Waals surface area contributed by atoms with Gasteiger partial charge in [0.05, 0.1) is 27.9 Å². The first-order chi connectivity index (χ1) is 21.6. The fourth-order valence-corrected chi connectivity index (χ4v) is 5.40. The van der Waals surface area contributed by atoms with E-state index < -0.39 is 0 Å². The summed E-state index contributed by atoms with van der Waals surface area (Å²) < 4.78 is 29.4. The molecule has 0 aliphatic carbocycles. The predicted molar refractivity (Wildman–Crippen MR) is 172 cm³/mol. The average Bonchev–Trinajstić information content (AvgIpc) is 3.09. The highest BCUT2D eigenvalue weighted by Gasteiger charge is 2.29. The van der Waals surface area contributed by atoms with Crippen LogP contribution in [0.3, 0.4) is 0 Å². The lowest BCUT2D eigenvalue weighted by Crippen LogP contribution is -2.17. The van der Waals surface area contributed by atoms with Crippen molar-refractivity contribution >= 4 is 0 Å². The van der Waals surface area contributed by atoms with E-state index in [1.807, 2.05) is 121 Å². The van der Waals surface area contributed by atoms with E-state index in [0.29, 0.717) is 36.2 Å². The number of benzene rings is 5. The van der Waals surface area contributed by atoms with Crippen molar-refractivity contribution < 1.29 is 28.8 Å². The summed E-state index contributed by atoms with van der Waals surface area (Å²) in [5, 5.41) is 10.9. The highest BCUT2D eigenvalue weighted by atomic mass is 16.5. The second-order valence-electron chi connectivity index (χ2n) is 10.4. The van der Waals surface area contributed by atoms with E-state index in [1.54, 1.807) is 21.3 Å². The minimum absolute atomic E-state index is 0.0962. The summed E-state index contributed by atoms with van der Waals surface area (Å²) in [4.78, 5) is 0. The molecule has 0 aliphatic rings. The third-order valence-electron chi connectivity index (χ3n) is 7.69. The summed E-state index contributed by atoms with van der Waals surface area (Å²) in [5.74, 6) is 2.67. The van der Waals surface area contributed by atoms with Gasteiger partial charge in [-0.25, -0.2) is 0 Å². The number of rotatable bonds is 14. The van der Waals surface area contributed by atoms with Crippen molar-refractivity contribution in [3.8, 4) is 28.7 Å². The van der Waals surface area contributed by atoms with Crippen LogP contribution in [0.25, 0.3) is 0 Å². The highest BCUT2D eigenvalue weighted by molar-refractivity contribution is 5.51. The number of hydrogen-bond donors (Lipinski definition) is 1. The molecule has 0 aliphatic heterocycles. The fourth-order valence-electron chi connectivity index (χ4n) is 5.40. The molecule has 5 aromatic rings. The minimum atomic E-state index is -0.299. The van der Waals surface area contributed by atoms with E-state index in [2.05, 4.69) is 0 Å². The van der Waals surface area contributed by atoms with E-state index in [1.165, 1.54) is 0 Å². The molecule has 0 heterocycles. The first-order valence-electron chi connectivity index (χ1n) is 14.6. The van der Waals surface area contributed by atoms with Gasteiger partial charge in [0.15, 0.2) is 23.0 Å². The van der Waals surface area contributed by atoms with Crippen molar-refractivity contribution in [1.29, 1.82) is 0 Å². The van der Waals surface area contributed by atoms with Gasteiger partial charge in [0.25, 0.3) is 0 Å². The Labute approximate surface area is 259 Å². The van der Waals surface area contributed by atoms with Crippen LogP contribution in [0.1, 0.15) is 39.7 Å². The largest absolute Gasteiger partial charge is 0.497 e. The van der Waals surface area contributed by atoms with Gasteiger partial charge in [-0.3, -0.25) is 0 Å². The molecule has 1 N–H and O–H groups in total. The third kappa shape index (κ3) is 7.33. The molecule has 6 heteroatoms. The summed E-state index contributed by atoms with van der Waals surface area (Å²) in [6, 6.07) is 39.7. The Kier molecular flexibility index (Phi) is 10.4. The zero-order valence-corrected chi connectivity index (χ0v) is 25.3. The van der Waals surface area contributed by atoms with E-state index in [4.69, 9.17) is 23.7 Å². The van der Waals surface area contributed by atoms with Crippen molar-refractivity contribution in [2.24, 2.45) is 0 Å². The fraction of sp³-hybridized carbons (Fsp3) is 0.211. The molecule has 0 aromatic heterocycles. The Balaban J connectivity index is 1.52. The van der Waals surface area contributed by atoms with Crippen LogP contribution < -0.4 is 23.7 Å². The molecule has 6 nitrogen and oxygen atoms in total. The van der Waals surface area contributed by atoms with Gasteiger partial charge in [0.2, 0.25) is 0 Å². The second-order valence-corrected chi connectivity index (χ2v) is 10.4. The van der Waals surface area contributed by atoms with Gasteiger partial charge in [-0.2, -0.15) is 0 Å². The lowest BCUT2D eigenvalue weighted by molar-refractivity contribution is 0.254. The summed E-state index contributed by atoms with van der Waals surface area (Å²) in [5.41, 5.74) is 4.99. The zero-order chi connectivity index (χ0) is 30.7. The van der Waals surface area contributed by atoms with Crippen LogP contribution in [0.2, 0.25) is 0 Å². The number of ether oxygens (including phenoxy) is 5. The molecule has 0 spiro atoms. The van der Waals surface area contributed by atoms with Crippen molar-refractivity contribution in [3.63, 3.8) is 0 Å². The molecule has 0 amide bonds. The molecule has 5 aromatic carbocycles. The first-order valence-corrected chi connectivity index (χ1v) is 14.6. The summed E-state index contributed by atoms with van der Waals surface area (Å²) in [7, 11) is 4.91. The van der Waals surface area contributed by atoms with Gasteiger partial charge >= 0.3 is 0 Å². The Hall–Kier alpha value is -4.94.